The highest BCUT2D eigenvalue weighted by molar-refractivity contribution is 5.81. The molecule has 0 radical (unpaired) electrons. The molecule has 6 nitrogen and oxygen atoms in total. The maximum atomic E-state index is 6.51. The van der Waals surface area contributed by atoms with Gasteiger partial charge in [0.05, 0.1) is 18.4 Å². The maximum Gasteiger partial charge on any atom is 0.258 e. The minimum atomic E-state index is -1.48. The van der Waals surface area contributed by atoms with E-state index in [-0.39, 0.29) is 5.96 Å². The maximum absolute atomic E-state index is 6.51. The van der Waals surface area contributed by atoms with Crippen LogP contribution in [0.1, 0.15) is 11.1 Å². The van der Waals surface area contributed by atoms with Crippen molar-refractivity contribution in [2.24, 2.45) is 16.5 Å². The number of hydrogen-bond donors (Lipinski definition) is 2. The molecule has 6 heteroatoms. The Kier molecular flexibility index (Phi) is 5.57. The van der Waals surface area contributed by atoms with Crippen LogP contribution in [0.5, 0.6) is 0 Å². The van der Waals surface area contributed by atoms with E-state index < -0.39 is 5.85 Å². The minimum absolute atomic E-state index is 0.109. The molecule has 138 valence electrons. The van der Waals surface area contributed by atoms with Crippen molar-refractivity contribution < 1.29 is 9.57 Å². The Labute approximate surface area is 159 Å². The van der Waals surface area contributed by atoms with Crippen LogP contribution in [0.2, 0.25) is 0 Å². The molecule has 3 rings (SSSR count). The number of benzene rings is 2. The van der Waals surface area contributed by atoms with Crippen LogP contribution in [0.25, 0.3) is 0 Å². The molecule has 1 heterocycles. The first-order chi connectivity index (χ1) is 13.1. The van der Waals surface area contributed by atoms with Gasteiger partial charge in [0, 0.05) is 19.1 Å². The quantitative estimate of drug-likeness (QED) is 0.642. The van der Waals surface area contributed by atoms with Crippen molar-refractivity contribution in [2.45, 2.75) is 12.3 Å². The zero-order chi connectivity index (χ0) is 19.3. The van der Waals surface area contributed by atoms with E-state index in [0.717, 1.165) is 11.1 Å². The SMILES string of the molecule is CON1C(N)=NC(Cc2ccccc2)=C(C#Cc2ccccc2)C1(N)OC. The van der Waals surface area contributed by atoms with Gasteiger partial charge >= 0.3 is 0 Å². The third-order valence-electron chi connectivity index (χ3n) is 4.22. The van der Waals surface area contributed by atoms with E-state index in [0.29, 0.717) is 17.7 Å². The molecule has 1 aliphatic rings. The lowest BCUT2D eigenvalue weighted by atomic mass is 10.0. The smallest absolute Gasteiger partial charge is 0.258 e. The summed E-state index contributed by atoms with van der Waals surface area (Å²) in [7, 11) is 2.93. The van der Waals surface area contributed by atoms with Gasteiger partial charge in [-0.3, -0.25) is 10.6 Å². The third kappa shape index (κ3) is 3.86. The van der Waals surface area contributed by atoms with Crippen LogP contribution in [-0.4, -0.2) is 31.1 Å². The first kappa shape index (κ1) is 18.7. The summed E-state index contributed by atoms with van der Waals surface area (Å²) in [4.78, 5) is 9.80. The molecule has 0 aromatic heterocycles. The number of hydroxylamine groups is 2. The first-order valence-corrected chi connectivity index (χ1v) is 8.45. The second-order valence-electron chi connectivity index (χ2n) is 5.95. The van der Waals surface area contributed by atoms with Crippen molar-refractivity contribution in [3.05, 3.63) is 83.1 Å². The summed E-state index contributed by atoms with van der Waals surface area (Å²) >= 11 is 0. The number of aliphatic imine (C=N–C) groups is 1. The number of methoxy groups -OCH3 is 1. The van der Waals surface area contributed by atoms with Gasteiger partial charge in [-0.05, 0) is 17.7 Å². The summed E-state index contributed by atoms with van der Waals surface area (Å²) < 4.78 is 5.58. The molecule has 0 spiro atoms. The molecule has 1 unspecified atom stereocenters. The van der Waals surface area contributed by atoms with E-state index in [1.54, 1.807) is 0 Å². The summed E-state index contributed by atoms with van der Waals surface area (Å²) in [6, 6.07) is 19.5. The highest BCUT2D eigenvalue weighted by Crippen LogP contribution is 2.30. The topological polar surface area (TPSA) is 86.1 Å². The fourth-order valence-corrected chi connectivity index (χ4v) is 2.87. The van der Waals surface area contributed by atoms with E-state index in [1.165, 1.54) is 19.3 Å². The number of ether oxygens (including phenoxy) is 1. The summed E-state index contributed by atoms with van der Waals surface area (Å²) in [5.41, 5.74) is 15.6. The molecule has 1 aliphatic heterocycles. The zero-order valence-electron chi connectivity index (χ0n) is 15.3. The summed E-state index contributed by atoms with van der Waals surface area (Å²) in [6.07, 6.45) is 0.514. The largest absolute Gasteiger partial charge is 0.368 e. The molecule has 0 bridgehead atoms. The second-order valence-corrected chi connectivity index (χ2v) is 5.95. The molecular formula is C21H22N4O2. The Bertz CT molecular complexity index is 913. The molecule has 0 saturated carbocycles. The van der Waals surface area contributed by atoms with Gasteiger partial charge in [0.25, 0.3) is 5.85 Å². The number of rotatable bonds is 4. The normalized spacial score (nSPS) is 19.4. The van der Waals surface area contributed by atoms with Crippen molar-refractivity contribution >= 4 is 5.96 Å². The molecule has 1 atom stereocenters. The van der Waals surface area contributed by atoms with Gasteiger partial charge in [0.15, 0.2) is 0 Å². The van der Waals surface area contributed by atoms with Crippen LogP contribution >= 0.6 is 0 Å². The molecule has 2 aromatic carbocycles. The van der Waals surface area contributed by atoms with Gasteiger partial charge in [-0.25, -0.2) is 4.99 Å². The standard InChI is InChI=1S/C21H22N4O2/c1-26-21(23)18(14-13-16-9-5-3-6-10-16)19(24-20(22)25(21)27-2)15-17-11-7-4-8-12-17/h3-12H,15,23H2,1-2H3,(H2,22,24). The highest BCUT2D eigenvalue weighted by Gasteiger charge is 2.44. The van der Waals surface area contributed by atoms with Gasteiger partial charge in [-0.15, -0.1) is 0 Å². The average Bonchev–Trinajstić information content (AvgIpc) is 2.69. The predicted octanol–water partition coefficient (Wildman–Crippen LogP) is 1.99. The van der Waals surface area contributed by atoms with Gasteiger partial charge < -0.3 is 10.5 Å². The lowest BCUT2D eigenvalue weighted by Crippen LogP contribution is -2.64. The molecule has 0 fully saturated rings. The van der Waals surface area contributed by atoms with E-state index in [2.05, 4.69) is 16.8 Å². The van der Waals surface area contributed by atoms with Crippen LogP contribution in [0.15, 0.2) is 76.9 Å². The first-order valence-electron chi connectivity index (χ1n) is 8.45. The average molecular weight is 362 g/mol. The van der Waals surface area contributed by atoms with Crippen molar-refractivity contribution in [1.29, 1.82) is 0 Å². The number of nitrogens with zero attached hydrogens (tertiary/aromatic N) is 2. The molecule has 0 amide bonds. The molecular weight excluding hydrogens is 340 g/mol. The van der Waals surface area contributed by atoms with Crippen LogP contribution in [0, 0.1) is 11.8 Å². The molecule has 0 saturated heterocycles. The highest BCUT2D eigenvalue weighted by atomic mass is 16.7. The Morgan fingerprint density at radius 3 is 2.22 bits per heavy atom. The van der Waals surface area contributed by atoms with Crippen molar-refractivity contribution in [3.8, 4) is 11.8 Å². The van der Waals surface area contributed by atoms with Crippen LogP contribution in [0.3, 0.4) is 0 Å². The van der Waals surface area contributed by atoms with E-state index >= 15 is 0 Å². The number of allylic oxidation sites excluding steroid dienone is 1. The summed E-state index contributed by atoms with van der Waals surface area (Å²) in [5, 5.41) is 1.22. The van der Waals surface area contributed by atoms with Crippen molar-refractivity contribution in [3.63, 3.8) is 0 Å². The summed E-state index contributed by atoms with van der Waals surface area (Å²) in [6.45, 7) is 0. The van der Waals surface area contributed by atoms with Gasteiger partial charge in [-0.2, -0.15) is 5.06 Å². The van der Waals surface area contributed by atoms with E-state index in [1.807, 2.05) is 60.7 Å². The molecule has 4 N–H and O–H groups in total. The number of hydrogen-bond acceptors (Lipinski definition) is 6. The van der Waals surface area contributed by atoms with Crippen LogP contribution in [-0.2, 0) is 16.0 Å². The molecule has 27 heavy (non-hydrogen) atoms. The van der Waals surface area contributed by atoms with Crippen molar-refractivity contribution in [1.82, 2.24) is 5.06 Å². The van der Waals surface area contributed by atoms with E-state index in [4.69, 9.17) is 21.0 Å². The van der Waals surface area contributed by atoms with Gasteiger partial charge in [-0.1, -0.05) is 60.4 Å². The number of nitrogens with two attached hydrogens (primary N) is 2. The summed E-state index contributed by atoms with van der Waals surface area (Å²) in [5.74, 6) is 4.88. The van der Waals surface area contributed by atoms with Crippen molar-refractivity contribution in [2.75, 3.05) is 14.2 Å². The van der Waals surface area contributed by atoms with Crippen LogP contribution < -0.4 is 11.5 Å². The van der Waals surface area contributed by atoms with Gasteiger partial charge in [0.2, 0.25) is 5.96 Å². The Morgan fingerprint density at radius 1 is 1.00 bits per heavy atom. The lowest BCUT2D eigenvalue weighted by molar-refractivity contribution is -0.224. The Balaban J connectivity index is 2.12. The van der Waals surface area contributed by atoms with Crippen LogP contribution in [0.4, 0.5) is 0 Å². The van der Waals surface area contributed by atoms with E-state index in [9.17, 15) is 0 Å². The predicted molar refractivity (Wildman–Crippen MR) is 105 cm³/mol. The van der Waals surface area contributed by atoms with Gasteiger partial charge in [0.1, 0.15) is 0 Å². The fraction of sp³-hybridized carbons (Fsp3) is 0.190. The second kappa shape index (κ2) is 8.06. The minimum Gasteiger partial charge on any atom is -0.368 e. The molecule has 0 aliphatic carbocycles. The lowest BCUT2D eigenvalue weighted by Gasteiger charge is -2.40. The number of guanidine groups is 1. The Morgan fingerprint density at radius 2 is 1.63 bits per heavy atom. The zero-order valence-corrected chi connectivity index (χ0v) is 15.3. The Hall–Kier alpha value is -3.11. The molecule has 2 aromatic rings. The third-order valence-corrected chi connectivity index (χ3v) is 4.22. The monoisotopic (exact) mass is 362 g/mol. The fourth-order valence-electron chi connectivity index (χ4n) is 2.87.